The van der Waals surface area contributed by atoms with E-state index in [9.17, 15) is 12.8 Å². The Morgan fingerprint density at radius 1 is 1.45 bits per heavy atom. The van der Waals surface area contributed by atoms with Crippen molar-refractivity contribution in [2.75, 3.05) is 6.61 Å². The van der Waals surface area contributed by atoms with Crippen molar-refractivity contribution in [1.82, 2.24) is 9.55 Å². The summed E-state index contributed by atoms with van der Waals surface area (Å²) in [4.78, 5) is 3.29. The van der Waals surface area contributed by atoms with Crippen molar-refractivity contribution in [2.24, 2.45) is 0 Å². The van der Waals surface area contributed by atoms with Crippen LogP contribution >= 0.6 is 26.6 Å². The van der Waals surface area contributed by atoms with E-state index >= 15 is 0 Å². The van der Waals surface area contributed by atoms with E-state index in [1.165, 1.54) is 0 Å². The molecule has 0 unspecified atom stereocenters. The van der Waals surface area contributed by atoms with Gasteiger partial charge in [0, 0.05) is 29.1 Å². The van der Waals surface area contributed by atoms with Crippen LogP contribution in [0, 0.1) is 5.82 Å². The van der Waals surface area contributed by atoms with Gasteiger partial charge in [0.2, 0.25) is 0 Å². The number of imidazole rings is 1. The predicted molar refractivity (Wildman–Crippen MR) is 74.9 cm³/mol. The molecule has 108 valence electrons. The largest absolute Gasteiger partial charge is 0.490 e. The van der Waals surface area contributed by atoms with Crippen LogP contribution in [0.2, 0.25) is 0 Å². The zero-order valence-corrected chi connectivity index (χ0v) is 13.1. The predicted octanol–water partition coefficient (Wildman–Crippen LogP) is 2.79. The number of benzene rings is 1. The summed E-state index contributed by atoms with van der Waals surface area (Å²) in [7, 11) is 0.991. The molecule has 0 saturated heterocycles. The number of hydrogen-bond donors (Lipinski definition) is 0. The van der Waals surface area contributed by atoms with E-state index < -0.39 is 19.8 Å². The van der Waals surface area contributed by atoms with E-state index in [1.807, 2.05) is 0 Å². The molecule has 0 N–H and O–H groups in total. The molecule has 9 heteroatoms. The number of aromatic nitrogens is 2. The van der Waals surface area contributed by atoms with Crippen molar-refractivity contribution >= 4 is 35.7 Å². The number of hydrogen-bond acceptors (Lipinski definition) is 4. The minimum Gasteiger partial charge on any atom is -0.490 e. The second-order valence-corrected chi connectivity index (χ2v) is 7.19. The summed E-state index contributed by atoms with van der Waals surface area (Å²) in [6.45, 7) is 0.811. The average molecular weight is 384 g/mol. The van der Waals surface area contributed by atoms with E-state index in [4.69, 9.17) is 15.4 Å². The van der Waals surface area contributed by atoms with Crippen LogP contribution in [0.5, 0.6) is 5.75 Å². The SMILES string of the molecule is O=S(=O)(Cl)c1cc(Br)c(OCCn2ccnc2)cc1F. The first-order chi connectivity index (χ1) is 9.38. The molecule has 0 atom stereocenters. The molecule has 0 aliphatic rings. The first kappa shape index (κ1) is 15.3. The van der Waals surface area contributed by atoms with Crippen molar-refractivity contribution < 1.29 is 17.5 Å². The Bertz CT molecular complexity index is 707. The van der Waals surface area contributed by atoms with Gasteiger partial charge in [-0.1, -0.05) is 0 Å². The van der Waals surface area contributed by atoms with Gasteiger partial charge in [0.05, 0.1) is 17.3 Å². The van der Waals surface area contributed by atoms with Crippen LogP contribution in [0.1, 0.15) is 0 Å². The first-order valence-corrected chi connectivity index (χ1v) is 8.50. The highest BCUT2D eigenvalue weighted by Gasteiger charge is 2.19. The Balaban J connectivity index is 2.11. The third-order valence-corrected chi connectivity index (χ3v) is 4.37. The lowest BCUT2D eigenvalue weighted by molar-refractivity contribution is 0.294. The molecule has 20 heavy (non-hydrogen) atoms. The highest BCUT2D eigenvalue weighted by Crippen LogP contribution is 2.31. The summed E-state index contributed by atoms with van der Waals surface area (Å²) in [5.74, 6) is -0.757. The normalized spacial score (nSPS) is 11.6. The summed E-state index contributed by atoms with van der Waals surface area (Å²) < 4.78 is 43.4. The van der Waals surface area contributed by atoms with E-state index in [0.717, 1.165) is 12.1 Å². The fraction of sp³-hybridized carbons (Fsp3) is 0.182. The molecule has 5 nitrogen and oxygen atoms in total. The van der Waals surface area contributed by atoms with Crippen molar-refractivity contribution in [3.05, 3.63) is 41.1 Å². The molecule has 0 aliphatic carbocycles. The Morgan fingerprint density at radius 2 is 2.20 bits per heavy atom. The van der Waals surface area contributed by atoms with Gasteiger partial charge in [-0.05, 0) is 22.0 Å². The van der Waals surface area contributed by atoms with Crippen molar-refractivity contribution in [3.8, 4) is 5.75 Å². The quantitative estimate of drug-likeness (QED) is 0.745. The fourth-order valence-electron chi connectivity index (χ4n) is 1.49. The summed E-state index contributed by atoms with van der Waals surface area (Å²) in [6, 6.07) is 2.05. The van der Waals surface area contributed by atoms with E-state index in [2.05, 4.69) is 20.9 Å². The highest BCUT2D eigenvalue weighted by molar-refractivity contribution is 9.10. The molecule has 0 bridgehead atoms. The third kappa shape index (κ3) is 3.71. The van der Waals surface area contributed by atoms with Crippen LogP contribution < -0.4 is 4.74 Å². The molecule has 1 heterocycles. The molecular weight excluding hydrogens is 375 g/mol. The van der Waals surface area contributed by atoms with Crippen LogP contribution in [0.3, 0.4) is 0 Å². The smallest absolute Gasteiger partial charge is 0.264 e. The Labute approximate surface area is 127 Å². The van der Waals surface area contributed by atoms with Crippen LogP contribution in [-0.4, -0.2) is 24.6 Å². The van der Waals surface area contributed by atoms with E-state index in [1.54, 1.807) is 23.3 Å². The average Bonchev–Trinajstić information content (AvgIpc) is 2.84. The van der Waals surface area contributed by atoms with Crippen molar-refractivity contribution in [1.29, 1.82) is 0 Å². The van der Waals surface area contributed by atoms with Crippen LogP contribution in [0.4, 0.5) is 4.39 Å². The summed E-state index contributed by atoms with van der Waals surface area (Å²) in [5, 5.41) is 0. The maximum absolute atomic E-state index is 13.6. The number of halogens is 3. The van der Waals surface area contributed by atoms with Crippen molar-refractivity contribution in [2.45, 2.75) is 11.4 Å². The molecule has 0 fully saturated rings. The Kier molecular flexibility index (Phi) is 4.66. The van der Waals surface area contributed by atoms with E-state index in [-0.39, 0.29) is 12.4 Å². The monoisotopic (exact) mass is 382 g/mol. The number of nitrogens with zero attached hydrogens (tertiary/aromatic N) is 2. The second-order valence-electron chi connectivity index (χ2n) is 3.80. The standard InChI is InChI=1S/C11H9BrClFN2O3S/c12-8-5-11(20(13,17)18)9(14)6-10(8)19-4-3-16-2-1-15-7-16/h1-2,5-7H,3-4H2. The minimum atomic E-state index is -4.13. The Morgan fingerprint density at radius 3 is 2.80 bits per heavy atom. The summed E-state index contributed by atoms with van der Waals surface area (Å²) in [6.07, 6.45) is 5.03. The highest BCUT2D eigenvalue weighted by atomic mass is 79.9. The van der Waals surface area contributed by atoms with Gasteiger partial charge in [0.15, 0.2) is 0 Å². The second kappa shape index (κ2) is 6.11. The maximum Gasteiger partial charge on any atom is 0.264 e. The van der Waals surface area contributed by atoms with Crippen LogP contribution in [0.25, 0.3) is 0 Å². The van der Waals surface area contributed by atoms with Gasteiger partial charge in [-0.15, -0.1) is 0 Å². The van der Waals surface area contributed by atoms with Gasteiger partial charge >= 0.3 is 0 Å². The van der Waals surface area contributed by atoms with Gasteiger partial charge < -0.3 is 9.30 Å². The fourth-order valence-corrected chi connectivity index (χ4v) is 3.00. The maximum atomic E-state index is 13.6. The molecule has 2 rings (SSSR count). The third-order valence-electron chi connectivity index (χ3n) is 2.42. The summed E-state index contributed by atoms with van der Waals surface area (Å²) in [5.41, 5.74) is 0. The van der Waals surface area contributed by atoms with Crippen LogP contribution in [-0.2, 0) is 15.6 Å². The number of ether oxygens (including phenoxy) is 1. The van der Waals surface area contributed by atoms with Gasteiger partial charge in [-0.2, -0.15) is 0 Å². The van der Waals surface area contributed by atoms with E-state index in [0.29, 0.717) is 11.0 Å². The molecule has 1 aromatic carbocycles. The molecule has 0 amide bonds. The zero-order valence-electron chi connectivity index (χ0n) is 9.96. The van der Waals surface area contributed by atoms with Crippen LogP contribution in [0.15, 0.2) is 40.2 Å². The first-order valence-electron chi connectivity index (χ1n) is 5.40. The summed E-state index contributed by atoms with van der Waals surface area (Å²) >= 11 is 3.12. The zero-order chi connectivity index (χ0) is 14.8. The lowest BCUT2D eigenvalue weighted by Crippen LogP contribution is -2.07. The van der Waals surface area contributed by atoms with Gasteiger partial charge in [0.1, 0.15) is 23.1 Å². The lowest BCUT2D eigenvalue weighted by Gasteiger charge is -2.10. The minimum absolute atomic E-state index is 0.201. The van der Waals surface area contributed by atoms with Crippen molar-refractivity contribution in [3.63, 3.8) is 0 Å². The molecule has 0 aliphatic heterocycles. The molecule has 0 radical (unpaired) electrons. The van der Waals surface area contributed by atoms with Gasteiger partial charge in [-0.25, -0.2) is 17.8 Å². The Hall–Kier alpha value is -1.12. The van der Waals surface area contributed by atoms with Gasteiger partial charge in [0.25, 0.3) is 9.05 Å². The number of rotatable bonds is 5. The molecule has 2 aromatic rings. The topological polar surface area (TPSA) is 61.2 Å². The molecule has 1 aromatic heterocycles. The van der Waals surface area contributed by atoms with Gasteiger partial charge in [-0.3, -0.25) is 0 Å². The molecule has 0 saturated carbocycles. The molecule has 0 spiro atoms. The molecular formula is C11H9BrClFN2O3S. The lowest BCUT2D eigenvalue weighted by atomic mass is 10.3.